The molecule has 0 rings (SSSR count). The summed E-state index contributed by atoms with van der Waals surface area (Å²) in [6, 6.07) is 0. The van der Waals surface area contributed by atoms with E-state index in [9.17, 15) is 0 Å². The van der Waals surface area contributed by atoms with Crippen molar-refractivity contribution >= 4 is 0 Å². The fraction of sp³-hybridized carbons (Fsp3) is 0.667. The molecule has 0 aromatic carbocycles. The summed E-state index contributed by atoms with van der Waals surface area (Å²) in [4.78, 5) is 4.82. The summed E-state index contributed by atoms with van der Waals surface area (Å²) < 4.78 is 0. The van der Waals surface area contributed by atoms with Gasteiger partial charge in [0, 0.05) is 0 Å². The van der Waals surface area contributed by atoms with Gasteiger partial charge in [-0.15, -0.1) is 5.48 Å². The van der Waals surface area contributed by atoms with Gasteiger partial charge in [-0.3, -0.25) is 0 Å². The zero-order valence-corrected chi connectivity index (χ0v) is 5.59. The van der Waals surface area contributed by atoms with Crippen LogP contribution in [-0.4, -0.2) is 6.10 Å². The number of hydrogen-bond donors (Lipinski definition) is 0. The molecule has 0 saturated heterocycles. The predicted octanol–water partition coefficient (Wildman–Crippen LogP) is 1.46. The molecule has 2 nitrogen and oxygen atoms in total. The molecule has 0 amide bonds. The van der Waals surface area contributed by atoms with Gasteiger partial charge in [0.25, 0.3) is 0 Å². The van der Waals surface area contributed by atoms with Crippen molar-refractivity contribution in [3.05, 3.63) is 12.3 Å². The first-order chi connectivity index (χ1) is 3.77. The van der Waals surface area contributed by atoms with Crippen molar-refractivity contribution in [2.45, 2.75) is 26.9 Å². The quantitative estimate of drug-likeness (QED) is 0.509. The van der Waals surface area contributed by atoms with Gasteiger partial charge in [-0.05, 0) is 20.8 Å². The normalized spacial score (nSPS) is 11.0. The Bertz CT molecular complexity index is 68.9. The van der Waals surface area contributed by atoms with Gasteiger partial charge < -0.3 is 0 Å². The third kappa shape index (κ3) is 5.50. The molecule has 0 aliphatic heterocycles. The molecule has 0 fully saturated rings. The fourth-order valence-electron chi connectivity index (χ4n) is 0.218. The Morgan fingerprint density at radius 2 is 2.12 bits per heavy atom. The van der Waals surface area contributed by atoms with Crippen LogP contribution >= 0.6 is 0 Å². The molecule has 0 saturated carbocycles. The van der Waals surface area contributed by atoms with E-state index >= 15 is 0 Å². The molecule has 0 aromatic heterocycles. The molecule has 0 spiro atoms. The van der Waals surface area contributed by atoms with Crippen LogP contribution < -0.4 is 5.48 Å². The van der Waals surface area contributed by atoms with E-state index in [-0.39, 0.29) is 6.10 Å². The Hall–Kier alpha value is -0.500. The highest BCUT2D eigenvalue weighted by atomic mass is 16.7. The minimum absolute atomic E-state index is 0.186. The van der Waals surface area contributed by atoms with E-state index < -0.39 is 0 Å². The molecule has 1 radical (unpaired) electrons. The van der Waals surface area contributed by atoms with E-state index in [0.29, 0.717) is 0 Å². The highest BCUT2D eigenvalue weighted by molar-refractivity contribution is 4.68. The van der Waals surface area contributed by atoms with Gasteiger partial charge in [-0.1, -0.05) is 6.08 Å². The van der Waals surface area contributed by atoms with Crippen molar-refractivity contribution in [3.8, 4) is 0 Å². The Morgan fingerprint density at radius 1 is 1.50 bits per heavy atom. The van der Waals surface area contributed by atoms with Crippen LogP contribution in [-0.2, 0) is 4.84 Å². The van der Waals surface area contributed by atoms with Crippen molar-refractivity contribution in [1.29, 1.82) is 0 Å². The van der Waals surface area contributed by atoms with Gasteiger partial charge in [0.05, 0.1) is 12.3 Å². The van der Waals surface area contributed by atoms with Crippen LogP contribution in [0.2, 0.25) is 0 Å². The third-order valence-corrected chi connectivity index (χ3v) is 0.482. The summed E-state index contributed by atoms with van der Waals surface area (Å²) in [6.07, 6.45) is 3.63. The molecule has 0 heterocycles. The number of hydrogen-bond acceptors (Lipinski definition) is 1. The number of allylic oxidation sites excluding steroid dienone is 1. The van der Waals surface area contributed by atoms with Gasteiger partial charge in [0.2, 0.25) is 0 Å². The molecule has 0 atom stereocenters. The summed E-state index contributed by atoms with van der Waals surface area (Å²) in [5.74, 6) is 0. The van der Waals surface area contributed by atoms with Crippen molar-refractivity contribution in [3.63, 3.8) is 0 Å². The number of nitrogens with zero attached hydrogens (tertiary/aromatic N) is 1. The topological polar surface area (TPSA) is 23.3 Å². The minimum atomic E-state index is 0.186. The highest BCUT2D eigenvalue weighted by Gasteiger charge is 1.87. The monoisotopic (exact) mass is 114 g/mol. The van der Waals surface area contributed by atoms with Crippen LogP contribution in [0.25, 0.3) is 0 Å². The average Bonchev–Trinajstić information content (AvgIpc) is 1.66. The van der Waals surface area contributed by atoms with Crippen molar-refractivity contribution in [1.82, 2.24) is 5.48 Å². The average molecular weight is 114 g/mol. The van der Waals surface area contributed by atoms with E-state index in [1.165, 1.54) is 0 Å². The Labute approximate surface area is 50.5 Å². The number of rotatable bonds is 3. The van der Waals surface area contributed by atoms with E-state index in [1.807, 2.05) is 26.8 Å². The molecular formula is C6H12NO. The van der Waals surface area contributed by atoms with Gasteiger partial charge >= 0.3 is 0 Å². The molecule has 47 valence electrons. The second-order valence-electron chi connectivity index (χ2n) is 1.74. The lowest BCUT2D eigenvalue weighted by Gasteiger charge is -1.99. The van der Waals surface area contributed by atoms with Gasteiger partial charge in [-0.2, -0.15) is 0 Å². The largest absolute Gasteiger partial charge is 0.249 e. The first-order valence-electron chi connectivity index (χ1n) is 2.74. The third-order valence-electron chi connectivity index (χ3n) is 0.482. The lowest BCUT2D eigenvalue weighted by molar-refractivity contribution is 0.0142. The molecule has 0 N–H and O–H groups in total. The first kappa shape index (κ1) is 7.50. The minimum Gasteiger partial charge on any atom is -0.249 e. The maximum absolute atomic E-state index is 4.82. The lowest BCUT2D eigenvalue weighted by Crippen LogP contribution is -2.06. The van der Waals surface area contributed by atoms with E-state index in [2.05, 4.69) is 5.48 Å². The van der Waals surface area contributed by atoms with Gasteiger partial charge in [0.1, 0.15) is 0 Å². The van der Waals surface area contributed by atoms with Crippen LogP contribution in [0, 0.1) is 0 Å². The zero-order chi connectivity index (χ0) is 6.41. The van der Waals surface area contributed by atoms with Crippen LogP contribution in [0.4, 0.5) is 0 Å². The van der Waals surface area contributed by atoms with Crippen molar-refractivity contribution in [2.24, 2.45) is 0 Å². The van der Waals surface area contributed by atoms with E-state index in [1.54, 1.807) is 6.20 Å². The van der Waals surface area contributed by atoms with Crippen molar-refractivity contribution < 1.29 is 4.84 Å². The molecule has 0 bridgehead atoms. The second-order valence-corrected chi connectivity index (χ2v) is 1.74. The molecule has 0 unspecified atom stereocenters. The fourth-order valence-corrected chi connectivity index (χ4v) is 0.218. The van der Waals surface area contributed by atoms with Crippen LogP contribution in [0.1, 0.15) is 20.8 Å². The molecule has 8 heavy (non-hydrogen) atoms. The van der Waals surface area contributed by atoms with Gasteiger partial charge in [0.15, 0.2) is 0 Å². The van der Waals surface area contributed by atoms with E-state index in [0.717, 1.165) is 0 Å². The Kier molecular flexibility index (Phi) is 4.36. The maximum Gasteiger partial charge on any atom is 0.0823 e. The molecule has 2 heteroatoms. The van der Waals surface area contributed by atoms with Crippen molar-refractivity contribution in [2.75, 3.05) is 0 Å². The predicted molar refractivity (Wildman–Crippen MR) is 33.2 cm³/mol. The second kappa shape index (κ2) is 4.65. The summed E-state index contributed by atoms with van der Waals surface area (Å²) in [5, 5.41) is 0. The summed E-state index contributed by atoms with van der Waals surface area (Å²) in [6.45, 7) is 5.77. The zero-order valence-electron chi connectivity index (χ0n) is 5.59. The van der Waals surface area contributed by atoms with Crippen LogP contribution in [0.15, 0.2) is 12.3 Å². The maximum atomic E-state index is 4.82. The van der Waals surface area contributed by atoms with Gasteiger partial charge in [-0.25, -0.2) is 4.84 Å². The van der Waals surface area contributed by atoms with Crippen LogP contribution in [0.5, 0.6) is 0 Å². The van der Waals surface area contributed by atoms with E-state index in [4.69, 9.17) is 4.84 Å². The van der Waals surface area contributed by atoms with Crippen LogP contribution in [0.3, 0.4) is 0 Å². The summed E-state index contributed by atoms with van der Waals surface area (Å²) >= 11 is 0. The SMILES string of the molecule is CC=C[N]OC(C)C. The summed E-state index contributed by atoms with van der Waals surface area (Å²) in [5.41, 5.74) is 3.61. The Balaban J connectivity index is 2.93. The molecular weight excluding hydrogens is 102 g/mol. The number of hydroxylamine groups is 1. The first-order valence-corrected chi connectivity index (χ1v) is 2.74. The Morgan fingerprint density at radius 3 is 2.50 bits per heavy atom. The lowest BCUT2D eigenvalue weighted by atomic mass is 10.5. The summed E-state index contributed by atoms with van der Waals surface area (Å²) in [7, 11) is 0. The molecule has 0 aromatic rings. The molecule has 0 aliphatic rings. The highest BCUT2D eigenvalue weighted by Crippen LogP contribution is 1.82. The molecule has 0 aliphatic carbocycles. The standard InChI is InChI=1S/C6H12NO/c1-4-5-7-8-6(2)3/h4-6H,1-3H3. The smallest absolute Gasteiger partial charge is 0.0823 e.